The van der Waals surface area contributed by atoms with Gasteiger partial charge in [-0.05, 0) is 43.3 Å². The SMILES string of the molecule is Cc1ccc(NC(=O)NN)cc1.O=C1CC(c2ccco2)Nc2ccccc21. The van der Waals surface area contributed by atoms with Crippen LogP contribution in [0.4, 0.5) is 16.2 Å². The van der Waals surface area contributed by atoms with Gasteiger partial charge in [-0.25, -0.2) is 10.6 Å². The van der Waals surface area contributed by atoms with Crippen LogP contribution in [-0.2, 0) is 0 Å². The molecule has 3 aromatic rings. The number of furan rings is 1. The number of hydrogen-bond acceptors (Lipinski definition) is 5. The number of nitrogens with two attached hydrogens (primary N) is 1. The monoisotopic (exact) mass is 378 g/mol. The highest BCUT2D eigenvalue weighted by molar-refractivity contribution is 6.03. The molecule has 7 nitrogen and oxygen atoms in total. The van der Waals surface area contributed by atoms with Crippen molar-refractivity contribution in [3.05, 3.63) is 83.8 Å². The van der Waals surface area contributed by atoms with Crippen LogP contribution >= 0.6 is 0 Å². The summed E-state index contributed by atoms with van der Waals surface area (Å²) in [6.45, 7) is 1.98. The summed E-state index contributed by atoms with van der Waals surface area (Å²) < 4.78 is 5.32. The van der Waals surface area contributed by atoms with Crippen LogP contribution in [0.25, 0.3) is 0 Å². The van der Waals surface area contributed by atoms with Crippen LogP contribution in [0.15, 0.2) is 71.3 Å². The predicted molar refractivity (Wildman–Crippen MR) is 108 cm³/mol. The summed E-state index contributed by atoms with van der Waals surface area (Å²) in [5, 5.41) is 5.86. The molecule has 0 spiro atoms. The normalized spacial score (nSPS) is 14.8. The smallest absolute Gasteiger partial charge is 0.333 e. The maximum Gasteiger partial charge on any atom is 0.333 e. The molecular weight excluding hydrogens is 356 g/mol. The van der Waals surface area contributed by atoms with Gasteiger partial charge < -0.3 is 15.1 Å². The van der Waals surface area contributed by atoms with Gasteiger partial charge in [-0.15, -0.1) is 0 Å². The Labute approximate surface area is 162 Å². The number of rotatable bonds is 2. The molecule has 1 aromatic heterocycles. The summed E-state index contributed by atoms with van der Waals surface area (Å²) >= 11 is 0. The van der Waals surface area contributed by atoms with E-state index in [1.54, 1.807) is 6.26 Å². The number of urea groups is 1. The lowest BCUT2D eigenvalue weighted by Gasteiger charge is -2.24. The molecule has 0 bridgehead atoms. The first-order valence-electron chi connectivity index (χ1n) is 8.83. The third-order valence-corrected chi connectivity index (χ3v) is 4.27. The minimum absolute atomic E-state index is 0.0441. The molecule has 2 aromatic carbocycles. The van der Waals surface area contributed by atoms with E-state index in [2.05, 4.69) is 10.6 Å². The van der Waals surface area contributed by atoms with Gasteiger partial charge in [0.1, 0.15) is 5.76 Å². The largest absolute Gasteiger partial charge is 0.467 e. The van der Waals surface area contributed by atoms with Gasteiger partial charge in [-0.2, -0.15) is 0 Å². The molecular formula is C21H22N4O3. The minimum Gasteiger partial charge on any atom is -0.467 e. The summed E-state index contributed by atoms with van der Waals surface area (Å²) in [6.07, 6.45) is 2.08. The Morgan fingerprint density at radius 3 is 2.54 bits per heavy atom. The van der Waals surface area contributed by atoms with Crippen molar-refractivity contribution in [2.75, 3.05) is 10.6 Å². The molecule has 0 fully saturated rings. The van der Waals surface area contributed by atoms with Gasteiger partial charge in [0, 0.05) is 23.4 Å². The molecule has 2 amide bonds. The molecule has 1 aliphatic heterocycles. The van der Waals surface area contributed by atoms with Gasteiger partial charge in [0.2, 0.25) is 0 Å². The topological polar surface area (TPSA) is 109 Å². The zero-order valence-electron chi connectivity index (χ0n) is 15.4. The van der Waals surface area contributed by atoms with Gasteiger partial charge in [-0.3, -0.25) is 10.2 Å². The number of nitrogens with one attached hydrogen (secondary N) is 3. The van der Waals surface area contributed by atoms with Crippen molar-refractivity contribution in [3.8, 4) is 0 Å². The fourth-order valence-electron chi connectivity index (χ4n) is 2.85. The van der Waals surface area contributed by atoms with E-state index in [1.165, 1.54) is 0 Å². The molecule has 0 aliphatic carbocycles. The second-order valence-electron chi connectivity index (χ2n) is 6.35. The molecule has 1 aliphatic rings. The van der Waals surface area contributed by atoms with Crippen molar-refractivity contribution in [1.82, 2.24) is 5.43 Å². The lowest BCUT2D eigenvalue weighted by atomic mass is 9.95. The lowest BCUT2D eigenvalue weighted by Crippen LogP contribution is -2.34. The molecule has 0 saturated carbocycles. The fourth-order valence-corrected chi connectivity index (χ4v) is 2.85. The van der Waals surface area contributed by atoms with E-state index in [-0.39, 0.29) is 11.8 Å². The molecule has 2 heterocycles. The third kappa shape index (κ3) is 4.77. The lowest BCUT2D eigenvalue weighted by molar-refractivity contribution is 0.0969. The highest BCUT2D eigenvalue weighted by atomic mass is 16.3. The number of fused-ring (bicyclic) bond motifs is 1. The summed E-state index contributed by atoms with van der Waals surface area (Å²) in [6, 6.07) is 18.3. The van der Waals surface area contributed by atoms with E-state index in [0.717, 1.165) is 28.3 Å². The first kappa shape index (κ1) is 19.2. The number of amides is 2. The molecule has 28 heavy (non-hydrogen) atoms. The first-order valence-corrected chi connectivity index (χ1v) is 8.83. The number of benzene rings is 2. The summed E-state index contributed by atoms with van der Waals surface area (Å²) in [4.78, 5) is 22.6. The van der Waals surface area contributed by atoms with Gasteiger partial charge in [0.25, 0.3) is 0 Å². The van der Waals surface area contributed by atoms with E-state index in [0.29, 0.717) is 6.42 Å². The molecule has 0 radical (unpaired) electrons. The van der Waals surface area contributed by atoms with Crippen LogP contribution in [0.5, 0.6) is 0 Å². The van der Waals surface area contributed by atoms with Gasteiger partial charge in [-0.1, -0.05) is 29.8 Å². The molecule has 0 saturated heterocycles. The van der Waals surface area contributed by atoms with Crippen LogP contribution in [-0.4, -0.2) is 11.8 Å². The molecule has 144 valence electrons. The first-order chi connectivity index (χ1) is 13.6. The molecule has 5 N–H and O–H groups in total. The summed E-state index contributed by atoms with van der Waals surface area (Å²) in [7, 11) is 0. The Morgan fingerprint density at radius 2 is 1.86 bits per heavy atom. The van der Waals surface area contributed by atoms with Crippen molar-refractivity contribution < 1.29 is 14.0 Å². The molecule has 4 rings (SSSR count). The van der Waals surface area contributed by atoms with Crippen molar-refractivity contribution in [2.45, 2.75) is 19.4 Å². The summed E-state index contributed by atoms with van der Waals surface area (Å²) in [5.41, 5.74) is 5.51. The summed E-state index contributed by atoms with van der Waals surface area (Å²) in [5.74, 6) is 5.86. The van der Waals surface area contributed by atoms with Gasteiger partial charge >= 0.3 is 6.03 Å². The Hall–Kier alpha value is -3.58. The van der Waals surface area contributed by atoms with Crippen molar-refractivity contribution in [2.24, 2.45) is 5.84 Å². The average Bonchev–Trinajstić information content (AvgIpc) is 3.25. The number of hydrogen-bond donors (Lipinski definition) is 4. The standard InChI is InChI=1S/C13H11NO2.C8H11N3O/c15-12-8-11(13-6-3-7-16-13)14-10-5-2-1-4-9(10)12;1-6-2-4-7(5-3-6)10-8(12)11-9/h1-7,11,14H,8H2;2-5H,9H2,1H3,(H2,10,11,12). The van der Waals surface area contributed by atoms with Crippen LogP contribution in [0.2, 0.25) is 0 Å². The van der Waals surface area contributed by atoms with Crippen molar-refractivity contribution in [1.29, 1.82) is 0 Å². The quantitative estimate of drug-likeness (QED) is 0.306. The maximum atomic E-state index is 11.9. The minimum atomic E-state index is -0.418. The molecule has 1 unspecified atom stereocenters. The van der Waals surface area contributed by atoms with Gasteiger partial charge in [0.15, 0.2) is 5.78 Å². The second kappa shape index (κ2) is 8.88. The Balaban J connectivity index is 0.000000169. The van der Waals surface area contributed by atoms with Crippen LogP contribution in [0.1, 0.15) is 34.1 Å². The van der Waals surface area contributed by atoms with E-state index in [1.807, 2.05) is 73.0 Å². The zero-order chi connectivity index (χ0) is 19.9. The van der Waals surface area contributed by atoms with Crippen molar-refractivity contribution >= 4 is 23.2 Å². The number of hydrazine groups is 1. The number of para-hydroxylation sites is 1. The fraction of sp³-hybridized carbons (Fsp3) is 0.143. The van der Waals surface area contributed by atoms with E-state index in [4.69, 9.17) is 10.3 Å². The number of anilines is 2. The second-order valence-corrected chi connectivity index (χ2v) is 6.35. The zero-order valence-corrected chi connectivity index (χ0v) is 15.4. The number of aryl methyl sites for hydroxylation is 1. The Kier molecular flexibility index (Phi) is 6.08. The van der Waals surface area contributed by atoms with Gasteiger partial charge in [0.05, 0.1) is 12.3 Å². The number of Topliss-reactive ketones (excluding diaryl/α,β-unsaturated/α-hetero) is 1. The molecule has 1 atom stereocenters. The van der Waals surface area contributed by atoms with Crippen LogP contribution in [0.3, 0.4) is 0 Å². The van der Waals surface area contributed by atoms with Crippen molar-refractivity contribution in [3.63, 3.8) is 0 Å². The number of carbonyl (C=O) groups is 2. The Bertz CT molecular complexity index is 937. The van der Waals surface area contributed by atoms with Crippen LogP contribution < -0.4 is 21.9 Å². The third-order valence-electron chi connectivity index (χ3n) is 4.27. The average molecular weight is 378 g/mol. The van der Waals surface area contributed by atoms with E-state index in [9.17, 15) is 9.59 Å². The maximum absolute atomic E-state index is 11.9. The highest BCUT2D eigenvalue weighted by Crippen LogP contribution is 2.32. The van der Waals surface area contributed by atoms with E-state index >= 15 is 0 Å². The van der Waals surface area contributed by atoms with E-state index < -0.39 is 6.03 Å². The highest BCUT2D eigenvalue weighted by Gasteiger charge is 2.26. The number of ketones is 1. The number of carbonyl (C=O) groups excluding carboxylic acids is 2. The van der Waals surface area contributed by atoms with Crippen LogP contribution in [0, 0.1) is 6.92 Å². The Morgan fingerprint density at radius 1 is 1.11 bits per heavy atom. The predicted octanol–water partition coefficient (Wildman–Crippen LogP) is 4.01. The molecule has 7 heteroatoms.